The second kappa shape index (κ2) is 20.4. The van der Waals surface area contributed by atoms with Gasteiger partial charge in [-0.1, -0.05) is 116 Å². The molecule has 38 heavy (non-hydrogen) atoms. The SMILES string of the molecule is CC.CC.CC=C(C)c1cccc(C(C)=CC)c1C(C)C.CC=C(C)c1cccc(C(C)=CC)c1C(C)C. The topological polar surface area (TPSA) is 0 Å². The molecule has 212 valence electrons. The molecule has 0 heteroatoms. The molecule has 0 radical (unpaired) electrons. The van der Waals surface area contributed by atoms with Gasteiger partial charge in [-0.3, -0.25) is 0 Å². The van der Waals surface area contributed by atoms with Crippen molar-refractivity contribution >= 4 is 22.3 Å². The highest BCUT2D eigenvalue weighted by molar-refractivity contribution is 5.76. The van der Waals surface area contributed by atoms with E-state index in [2.05, 4.69) is 144 Å². The molecule has 0 aliphatic heterocycles. The van der Waals surface area contributed by atoms with Gasteiger partial charge in [0.2, 0.25) is 0 Å². The van der Waals surface area contributed by atoms with Gasteiger partial charge in [-0.25, -0.2) is 0 Å². The summed E-state index contributed by atoms with van der Waals surface area (Å²) in [6.45, 7) is 34.3. The van der Waals surface area contributed by atoms with Crippen molar-refractivity contribution in [2.24, 2.45) is 0 Å². The van der Waals surface area contributed by atoms with E-state index in [0.717, 1.165) is 0 Å². The third-order valence-electron chi connectivity index (χ3n) is 6.80. The van der Waals surface area contributed by atoms with Gasteiger partial charge in [0, 0.05) is 0 Å². The molecule has 0 amide bonds. The smallest absolute Gasteiger partial charge is 0.0190 e. The second-order valence-electron chi connectivity index (χ2n) is 9.73. The zero-order valence-electron chi connectivity index (χ0n) is 27.9. The zero-order chi connectivity index (χ0) is 30.0. The summed E-state index contributed by atoms with van der Waals surface area (Å²) in [5.41, 5.74) is 13.9. The van der Waals surface area contributed by atoms with Gasteiger partial charge in [0.15, 0.2) is 0 Å². The molecule has 0 N–H and O–H groups in total. The van der Waals surface area contributed by atoms with Crippen molar-refractivity contribution in [2.45, 2.75) is 123 Å². The van der Waals surface area contributed by atoms with Crippen molar-refractivity contribution in [2.75, 3.05) is 0 Å². The molecule has 0 saturated heterocycles. The van der Waals surface area contributed by atoms with Crippen LogP contribution in [0.5, 0.6) is 0 Å². The maximum Gasteiger partial charge on any atom is -0.0190 e. The molecule has 0 nitrogen and oxygen atoms in total. The average molecular weight is 517 g/mol. The predicted molar refractivity (Wildman–Crippen MR) is 181 cm³/mol. The Kier molecular flexibility index (Phi) is 20.1. The average Bonchev–Trinajstić information content (AvgIpc) is 2.96. The number of allylic oxidation sites excluding steroid dienone is 8. The summed E-state index contributed by atoms with van der Waals surface area (Å²) in [7, 11) is 0. The first-order valence-electron chi connectivity index (χ1n) is 14.8. The van der Waals surface area contributed by atoms with Crippen LogP contribution in [0, 0.1) is 0 Å². The van der Waals surface area contributed by atoms with Crippen LogP contribution in [0.25, 0.3) is 22.3 Å². The molecule has 0 saturated carbocycles. The molecule has 0 spiro atoms. The van der Waals surface area contributed by atoms with E-state index in [1.54, 1.807) is 0 Å². The normalized spacial score (nSPS) is 12.3. The molecular formula is C38H60. The Labute approximate surface area is 238 Å². The highest BCUT2D eigenvalue weighted by Gasteiger charge is 2.14. The summed E-state index contributed by atoms with van der Waals surface area (Å²) < 4.78 is 0. The van der Waals surface area contributed by atoms with E-state index >= 15 is 0 Å². The molecule has 0 aliphatic carbocycles. The first kappa shape index (κ1) is 37.6. The lowest BCUT2D eigenvalue weighted by Gasteiger charge is -2.19. The molecule has 0 aromatic heterocycles. The highest BCUT2D eigenvalue weighted by atomic mass is 14.2. The van der Waals surface area contributed by atoms with Crippen LogP contribution in [-0.4, -0.2) is 0 Å². The van der Waals surface area contributed by atoms with Gasteiger partial charge in [0.05, 0.1) is 0 Å². The minimum Gasteiger partial charge on any atom is -0.0841 e. The molecular weight excluding hydrogens is 456 g/mol. The predicted octanol–water partition coefficient (Wildman–Crippen LogP) is 13.4. The Morgan fingerprint density at radius 3 is 0.763 bits per heavy atom. The summed E-state index contributed by atoms with van der Waals surface area (Å²) in [6, 6.07) is 13.3. The van der Waals surface area contributed by atoms with Gasteiger partial charge in [0.1, 0.15) is 0 Å². The molecule has 0 bridgehead atoms. The molecule has 0 heterocycles. The molecule has 2 rings (SSSR count). The molecule has 2 aromatic carbocycles. The fraction of sp³-hybridized carbons (Fsp3) is 0.474. The van der Waals surface area contributed by atoms with Gasteiger partial charge in [-0.15, -0.1) is 0 Å². The van der Waals surface area contributed by atoms with E-state index in [1.165, 1.54) is 55.7 Å². The second-order valence-corrected chi connectivity index (χ2v) is 9.73. The minimum absolute atomic E-state index is 0.547. The fourth-order valence-electron chi connectivity index (χ4n) is 4.37. The quantitative estimate of drug-likeness (QED) is 0.358. The molecule has 2 aromatic rings. The Morgan fingerprint density at radius 2 is 0.632 bits per heavy atom. The van der Waals surface area contributed by atoms with Gasteiger partial charge in [0.25, 0.3) is 0 Å². The van der Waals surface area contributed by atoms with Crippen molar-refractivity contribution in [3.8, 4) is 0 Å². The van der Waals surface area contributed by atoms with Crippen molar-refractivity contribution in [3.63, 3.8) is 0 Å². The Bertz CT molecular complexity index is 905. The lowest BCUT2D eigenvalue weighted by molar-refractivity contribution is 0.858. The van der Waals surface area contributed by atoms with E-state index in [9.17, 15) is 0 Å². The largest absolute Gasteiger partial charge is 0.0841 e. The van der Waals surface area contributed by atoms with Crippen molar-refractivity contribution in [1.82, 2.24) is 0 Å². The monoisotopic (exact) mass is 516 g/mol. The first-order valence-corrected chi connectivity index (χ1v) is 14.8. The van der Waals surface area contributed by atoms with E-state index in [1.807, 2.05) is 27.7 Å². The van der Waals surface area contributed by atoms with Gasteiger partial charge in [-0.2, -0.15) is 0 Å². The number of hydrogen-bond acceptors (Lipinski definition) is 0. The van der Waals surface area contributed by atoms with E-state index in [-0.39, 0.29) is 0 Å². The molecule has 0 fully saturated rings. The van der Waals surface area contributed by atoms with Crippen molar-refractivity contribution in [1.29, 1.82) is 0 Å². The highest BCUT2D eigenvalue weighted by Crippen LogP contribution is 2.33. The summed E-state index contributed by atoms with van der Waals surface area (Å²) in [5.74, 6) is 1.09. The van der Waals surface area contributed by atoms with E-state index in [0.29, 0.717) is 11.8 Å². The van der Waals surface area contributed by atoms with Gasteiger partial charge in [-0.05, 0) is 123 Å². The van der Waals surface area contributed by atoms with Gasteiger partial charge >= 0.3 is 0 Å². The van der Waals surface area contributed by atoms with Crippen LogP contribution in [0.1, 0.15) is 156 Å². The van der Waals surface area contributed by atoms with Crippen LogP contribution in [0.4, 0.5) is 0 Å². The van der Waals surface area contributed by atoms with Crippen molar-refractivity contribution < 1.29 is 0 Å². The summed E-state index contributed by atoms with van der Waals surface area (Å²) in [4.78, 5) is 0. The van der Waals surface area contributed by atoms with Crippen molar-refractivity contribution in [3.05, 3.63) is 94.1 Å². The maximum atomic E-state index is 2.27. The van der Waals surface area contributed by atoms with E-state index < -0.39 is 0 Å². The summed E-state index contributed by atoms with van der Waals surface area (Å²) >= 11 is 0. The Morgan fingerprint density at radius 1 is 0.447 bits per heavy atom. The van der Waals surface area contributed by atoms with E-state index in [4.69, 9.17) is 0 Å². The molecule has 0 unspecified atom stereocenters. The van der Waals surface area contributed by atoms with Crippen LogP contribution in [0.3, 0.4) is 0 Å². The molecule has 0 atom stereocenters. The third-order valence-corrected chi connectivity index (χ3v) is 6.80. The standard InChI is InChI=1S/2C17H24.2C2H6/c2*1-7-13(5)15-10-9-11-16(14(6)8-2)17(15)12(3)4;2*1-2/h2*7-12H,1-6H3;2*1-2H3. The Balaban J connectivity index is 0. The Hall–Kier alpha value is -2.60. The molecule has 0 aliphatic rings. The summed E-state index contributed by atoms with van der Waals surface area (Å²) in [6.07, 6.45) is 8.76. The lowest BCUT2D eigenvalue weighted by atomic mass is 9.86. The fourth-order valence-corrected chi connectivity index (χ4v) is 4.37. The van der Waals surface area contributed by atoms with Crippen LogP contribution < -0.4 is 0 Å². The van der Waals surface area contributed by atoms with Crippen LogP contribution in [0.2, 0.25) is 0 Å². The third kappa shape index (κ3) is 10.6. The van der Waals surface area contributed by atoms with Crippen LogP contribution >= 0.6 is 0 Å². The van der Waals surface area contributed by atoms with Crippen LogP contribution in [-0.2, 0) is 0 Å². The summed E-state index contributed by atoms with van der Waals surface area (Å²) in [5, 5.41) is 0. The number of rotatable bonds is 6. The number of hydrogen-bond donors (Lipinski definition) is 0. The lowest BCUT2D eigenvalue weighted by Crippen LogP contribution is -2.00. The van der Waals surface area contributed by atoms with Crippen LogP contribution in [0.15, 0.2) is 60.7 Å². The zero-order valence-corrected chi connectivity index (χ0v) is 27.9. The van der Waals surface area contributed by atoms with Gasteiger partial charge < -0.3 is 0 Å². The number of benzene rings is 2. The maximum absolute atomic E-state index is 2.27. The minimum atomic E-state index is 0.547. The first-order chi connectivity index (χ1) is 18.0.